The monoisotopic (exact) mass is 184 g/mol. The number of aliphatic hydroxyl groups is 1. The lowest BCUT2D eigenvalue weighted by Gasteiger charge is -2.42. The van der Waals surface area contributed by atoms with E-state index in [1.54, 1.807) is 0 Å². The Hall–Kier alpha value is -0.0400. The first-order chi connectivity index (χ1) is 5.96. The van der Waals surface area contributed by atoms with Crippen molar-refractivity contribution in [2.75, 3.05) is 0 Å². The maximum atomic E-state index is 9.90. The summed E-state index contributed by atoms with van der Waals surface area (Å²) in [5.41, 5.74) is 0.363. The summed E-state index contributed by atoms with van der Waals surface area (Å²) in [6.07, 6.45) is 4.62. The van der Waals surface area contributed by atoms with Gasteiger partial charge in [0.25, 0.3) is 0 Å². The quantitative estimate of drug-likeness (QED) is 0.663. The van der Waals surface area contributed by atoms with Gasteiger partial charge in [0.1, 0.15) is 0 Å². The Kier molecular flexibility index (Phi) is 3.39. The fourth-order valence-electron chi connectivity index (χ4n) is 2.88. The summed E-state index contributed by atoms with van der Waals surface area (Å²) in [6.45, 7) is 9.12. The Balaban J connectivity index is 2.70. The molecule has 1 rings (SSSR count). The Bertz CT molecular complexity index is 157. The van der Waals surface area contributed by atoms with Crippen LogP contribution >= 0.6 is 0 Å². The van der Waals surface area contributed by atoms with Crippen LogP contribution in [0.2, 0.25) is 0 Å². The molecule has 1 fully saturated rings. The van der Waals surface area contributed by atoms with Crippen LogP contribution in [0.3, 0.4) is 0 Å². The molecular weight excluding hydrogens is 160 g/mol. The highest BCUT2D eigenvalue weighted by atomic mass is 16.3. The standard InChI is InChI=1S/C12H24O/c1-5-9-10(12(2,3)4)7-6-8-11(9)13/h9-11,13H,5-8H2,1-4H3. The predicted molar refractivity (Wildman–Crippen MR) is 56.6 cm³/mol. The fourth-order valence-corrected chi connectivity index (χ4v) is 2.88. The Morgan fingerprint density at radius 3 is 2.23 bits per heavy atom. The number of hydrogen-bond acceptors (Lipinski definition) is 1. The molecule has 0 spiro atoms. The molecule has 0 aromatic carbocycles. The minimum absolute atomic E-state index is 0.0389. The van der Waals surface area contributed by atoms with Crippen LogP contribution in [-0.2, 0) is 0 Å². The van der Waals surface area contributed by atoms with Crippen molar-refractivity contribution in [1.29, 1.82) is 0 Å². The average Bonchev–Trinajstić information content (AvgIpc) is 2.02. The molecule has 0 aliphatic heterocycles. The zero-order chi connectivity index (χ0) is 10.1. The van der Waals surface area contributed by atoms with Gasteiger partial charge in [-0.05, 0) is 30.1 Å². The third kappa shape index (κ3) is 2.46. The van der Waals surface area contributed by atoms with Crippen LogP contribution in [0.25, 0.3) is 0 Å². The van der Waals surface area contributed by atoms with E-state index in [9.17, 15) is 5.11 Å². The van der Waals surface area contributed by atoms with E-state index >= 15 is 0 Å². The van der Waals surface area contributed by atoms with Crippen molar-refractivity contribution in [3.8, 4) is 0 Å². The van der Waals surface area contributed by atoms with Crippen LogP contribution in [0.15, 0.2) is 0 Å². The van der Waals surface area contributed by atoms with E-state index in [-0.39, 0.29) is 6.10 Å². The van der Waals surface area contributed by atoms with E-state index < -0.39 is 0 Å². The molecule has 1 N–H and O–H groups in total. The van der Waals surface area contributed by atoms with Gasteiger partial charge in [0.2, 0.25) is 0 Å². The largest absolute Gasteiger partial charge is 0.393 e. The Morgan fingerprint density at radius 1 is 1.23 bits per heavy atom. The van der Waals surface area contributed by atoms with Gasteiger partial charge in [0, 0.05) is 0 Å². The van der Waals surface area contributed by atoms with Crippen molar-refractivity contribution in [2.24, 2.45) is 17.3 Å². The lowest BCUT2D eigenvalue weighted by molar-refractivity contribution is -0.0111. The van der Waals surface area contributed by atoms with Crippen molar-refractivity contribution in [2.45, 2.75) is 59.5 Å². The van der Waals surface area contributed by atoms with E-state index in [4.69, 9.17) is 0 Å². The van der Waals surface area contributed by atoms with Crippen molar-refractivity contribution in [3.63, 3.8) is 0 Å². The minimum Gasteiger partial charge on any atom is -0.393 e. The highest BCUT2D eigenvalue weighted by molar-refractivity contribution is 4.87. The molecule has 1 saturated carbocycles. The summed E-state index contributed by atoms with van der Waals surface area (Å²) in [4.78, 5) is 0. The second-order valence-electron chi connectivity index (χ2n) is 5.54. The smallest absolute Gasteiger partial charge is 0.0571 e. The van der Waals surface area contributed by atoms with E-state index in [1.165, 1.54) is 12.8 Å². The number of hydrogen-bond donors (Lipinski definition) is 1. The number of aliphatic hydroxyl groups excluding tert-OH is 1. The molecule has 0 aromatic heterocycles. The van der Waals surface area contributed by atoms with E-state index in [1.807, 2.05) is 0 Å². The zero-order valence-corrected chi connectivity index (χ0v) is 9.51. The summed E-state index contributed by atoms with van der Waals surface area (Å²) in [5.74, 6) is 1.25. The van der Waals surface area contributed by atoms with Crippen LogP contribution < -0.4 is 0 Å². The van der Waals surface area contributed by atoms with Gasteiger partial charge >= 0.3 is 0 Å². The molecule has 13 heavy (non-hydrogen) atoms. The van der Waals surface area contributed by atoms with Crippen molar-refractivity contribution in [3.05, 3.63) is 0 Å². The summed E-state index contributed by atoms with van der Waals surface area (Å²) in [5, 5.41) is 9.90. The van der Waals surface area contributed by atoms with Gasteiger partial charge in [-0.15, -0.1) is 0 Å². The fraction of sp³-hybridized carbons (Fsp3) is 1.00. The topological polar surface area (TPSA) is 20.2 Å². The van der Waals surface area contributed by atoms with Crippen LogP contribution in [0.1, 0.15) is 53.4 Å². The second-order valence-corrected chi connectivity index (χ2v) is 5.54. The maximum absolute atomic E-state index is 9.90. The maximum Gasteiger partial charge on any atom is 0.0571 e. The minimum atomic E-state index is -0.0389. The lowest BCUT2D eigenvalue weighted by Crippen LogP contribution is -2.38. The first-order valence-corrected chi connectivity index (χ1v) is 5.65. The molecule has 3 atom stereocenters. The van der Waals surface area contributed by atoms with Gasteiger partial charge in [-0.3, -0.25) is 0 Å². The van der Waals surface area contributed by atoms with Crippen molar-refractivity contribution >= 4 is 0 Å². The van der Waals surface area contributed by atoms with E-state index in [0.29, 0.717) is 17.3 Å². The van der Waals surface area contributed by atoms with Gasteiger partial charge in [-0.25, -0.2) is 0 Å². The third-order valence-corrected chi connectivity index (χ3v) is 3.61. The molecule has 0 amide bonds. The second kappa shape index (κ2) is 4.00. The molecule has 3 unspecified atom stereocenters. The highest BCUT2D eigenvalue weighted by Crippen LogP contribution is 2.43. The Labute approximate surface area is 82.5 Å². The summed E-state index contributed by atoms with van der Waals surface area (Å²) in [6, 6.07) is 0. The summed E-state index contributed by atoms with van der Waals surface area (Å²) >= 11 is 0. The molecule has 0 heterocycles. The molecule has 78 valence electrons. The lowest BCUT2D eigenvalue weighted by atomic mass is 9.64. The van der Waals surface area contributed by atoms with E-state index in [0.717, 1.165) is 12.8 Å². The molecule has 0 radical (unpaired) electrons. The van der Waals surface area contributed by atoms with Gasteiger partial charge in [-0.2, -0.15) is 0 Å². The zero-order valence-electron chi connectivity index (χ0n) is 9.51. The molecule has 1 heteroatoms. The summed E-state index contributed by atoms with van der Waals surface area (Å²) < 4.78 is 0. The first-order valence-electron chi connectivity index (χ1n) is 5.65. The van der Waals surface area contributed by atoms with Gasteiger partial charge < -0.3 is 5.11 Å². The molecule has 0 saturated heterocycles. The van der Waals surface area contributed by atoms with Crippen LogP contribution in [0, 0.1) is 17.3 Å². The van der Waals surface area contributed by atoms with Gasteiger partial charge in [0.15, 0.2) is 0 Å². The van der Waals surface area contributed by atoms with Crippen LogP contribution in [0.5, 0.6) is 0 Å². The molecule has 1 aliphatic carbocycles. The van der Waals surface area contributed by atoms with Gasteiger partial charge in [0.05, 0.1) is 6.10 Å². The normalized spacial score (nSPS) is 36.2. The molecule has 0 aromatic rings. The first kappa shape index (κ1) is 11.0. The average molecular weight is 184 g/mol. The van der Waals surface area contributed by atoms with Crippen LogP contribution in [0.4, 0.5) is 0 Å². The third-order valence-electron chi connectivity index (χ3n) is 3.61. The molecule has 1 nitrogen and oxygen atoms in total. The van der Waals surface area contributed by atoms with Gasteiger partial charge in [-0.1, -0.05) is 40.5 Å². The van der Waals surface area contributed by atoms with Crippen LogP contribution in [-0.4, -0.2) is 11.2 Å². The number of rotatable bonds is 1. The Morgan fingerprint density at radius 2 is 1.85 bits per heavy atom. The molecule has 1 aliphatic rings. The predicted octanol–water partition coefficient (Wildman–Crippen LogP) is 3.22. The van der Waals surface area contributed by atoms with Crippen molar-refractivity contribution < 1.29 is 5.11 Å². The molecule has 0 bridgehead atoms. The van der Waals surface area contributed by atoms with E-state index in [2.05, 4.69) is 27.7 Å². The molecular formula is C12H24O. The highest BCUT2D eigenvalue weighted by Gasteiger charge is 2.37. The SMILES string of the molecule is CCC1C(O)CCCC1C(C)(C)C. The van der Waals surface area contributed by atoms with Crippen molar-refractivity contribution in [1.82, 2.24) is 0 Å². The summed E-state index contributed by atoms with van der Waals surface area (Å²) in [7, 11) is 0.